The smallest absolute Gasteiger partial charge is 0.387 e. The number of carbonyl (C=O) groups excluding carboxylic acids is 1. The van der Waals surface area contributed by atoms with Gasteiger partial charge in [-0.3, -0.25) is 4.79 Å². The number of thiophene rings is 1. The van der Waals surface area contributed by atoms with Crippen LogP contribution >= 0.6 is 22.9 Å². The van der Waals surface area contributed by atoms with Gasteiger partial charge in [0, 0.05) is 24.2 Å². The highest BCUT2D eigenvalue weighted by Gasteiger charge is 2.18. The van der Waals surface area contributed by atoms with Crippen molar-refractivity contribution in [1.29, 1.82) is 0 Å². The Morgan fingerprint density at radius 2 is 2.20 bits per heavy atom. The molecule has 0 saturated carbocycles. The Bertz CT molecular complexity index is 932. The van der Waals surface area contributed by atoms with Gasteiger partial charge in [0.1, 0.15) is 12.4 Å². The lowest BCUT2D eigenvalue weighted by Crippen LogP contribution is -2.33. The predicted molar refractivity (Wildman–Crippen MR) is 92.0 cm³/mol. The predicted octanol–water partition coefficient (Wildman–Crippen LogP) is 3.02. The van der Waals surface area contributed by atoms with Crippen molar-refractivity contribution >= 4 is 28.8 Å². The summed E-state index contributed by atoms with van der Waals surface area (Å²) in [5.74, 6) is -1.49. The van der Waals surface area contributed by atoms with Crippen molar-refractivity contribution in [2.45, 2.75) is 13.1 Å². The molecular formula is C16H13ClFN3O3S. The van der Waals surface area contributed by atoms with Crippen LogP contribution < -0.4 is 5.76 Å². The molecule has 6 nitrogen and oxygen atoms in total. The van der Waals surface area contributed by atoms with Gasteiger partial charge >= 0.3 is 5.76 Å². The lowest BCUT2D eigenvalue weighted by atomic mass is 10.2. The molecule has 0 aliphatic rings. The monoisotopic (exact) mass is 381 g/mol. The normalized spacial score (nSPS) is 10.8. The molecule has 130 valence electrons. The molecule has 0 fully saturated rings. The molecule has 1 aromatic carbocycles. The number of benzene rings is 1. The third-order valence-electron chi connectivity index (χ3n) is 3.51. The second-order valence-corrected chi connectivity index (χ2v) is 6.61. The molecule has 3 aromatic rings. The van der Waals surface area contributed by atoms with Gasteiger partial charge in [-0.05, 0) is 23.6 Å². The van der Waals surface area contributed by atoms with E-state index in [2.05, 4.69) is 5.10 Å². The van der Waals surface area contributed by atoms with E-state index < -0.39 is 17.5 Å². The average Bonchev–Trinajstić information content (AvgIpc) is 3.21. The number of hydrogen-bond acceptors (Lipinski definition) is 5. The van der Waals surface area contributed by atoms with E-state index in [0.717, 1.165) is 4.68 Å². The lowest BCUT2D eigenvalue weighted by Gasteiger charge is -2.18. The second kappa shape index (κ2) is 7.20. The van der Waals surface area contributed by atoms with E-state index in [1.54, 1.807) is 18.2 Å². The second-order valence-electron chi connectivity index (χ2n) is 5.26. The molecular weight excluding hydrogens is 369 g/mol. The van der Waals surface area contributed by atoms with Gasteiger partial charge in [-0.25, -0.2) is 9.18 Å². The maximum absolute atomic E-state index is 13.8. The van der Waals surface area contributed by atoms with Crippen LogP contribution in [0.4, 0.5) is 4.39 Å². The Morgan fingerprint density at radius 3 is 2.88 bits per heavy atom. The molecule has 0 aliphatic heterocycles. The zero-order chi connectivity index (χ0) is 18.0. The number of hydrogen-bond donors (Lipinski definition) is 0. The SMILES string of the molecule is CN(Cc1c(F)cccc1Cl)C(=O)Cn1nc(-c2cccs2)oc1=O. The highest BCUT2D eigenvalue weighted by atomic mass is 35.5. The van der Waals surface area contributed by atoms with Crippen LogP contribution in [-0.2, 0) is 17.9 Å². The highest BCUT2D eigenvalue weighted by molar-refractivity contribution is 7.13. The van der Waals surface area contributed by atoms with Crippen molar-refractivity contribution < 1.29 is 13.6 Å². The summed E-state index contributed by atoms with van der Waals surface area (Å²) in [5, 5.41) is 6.08. The molecule has 2 aromatic heterocycles. The van der Waals surface area contributed by atoms with E-state index >= 15 is 0 Å². The van der Waals surface area contributed by atoms with Crippen molar-refractivity contribution in [1.82, 2.24) is 14.7 Å². The van der Waals surface area contributed by atoms with Crippen molar-refractivity contribution in [3.8, 4) is 10.8 Å². The summed E-state index contributed by atoms with van der Waals surface area (Å²) in [7, 11) is 1.50. The average molecular weight is 382 g/mol. The van der Waals surface area contributed by atoms with E-state index in [1.807, 2.05) is 5.38 Å². The van der Waals surface area contributed by atoms with E-state index in [4.69, 9.17) is 16.0 Å². The molecule has 0 N–H and O–H groups in total. The van der Waals surface area contributed by atoms with Crippen molar-refractivity contribution in [2.75, 3.05) is 7.05 Å². The number of halogens is 2. The van der Waals surface area contributed by atoms with Crippen molar-refractivity contribution in [3.05, 3.63) is 62.7 Å². The molecule has 1 amide bonds. The minimum atomic E-state index is -0.728. The van der Waals surface area contributed by atoms with Gasteiger partial charge in [-0.15, -0.1) is 16.4 Å². The van der Waals surface area contributed by atoms with Gasteiger partial charge in [0.2, 0.25) is 5.91 Å². The van der Waals surface area contributed by atoms with Gasteiger partial charge in [-0.2, -0.15) is 4.68 Å². The van der Waals surface area contributed by atoms with E-state index in [-0.39, 0.29) is 29.6 Å². The summed E-state index contributed by atoms with van der Waals surface area (Å²) >= 11 is 7.33. The maximum atomic E-state index is 13.8. The minimum absolute atomic E-state index is 0.0191. The molecule has 0 aliphatic carbocycles. The first kappa shape index (κ1) is 17.4. The van der Waals surface area contributed by atoms with Crippen LogP contribution in [-0.4, -0.2) is 27.6 Å². The number of nitrogens with zero attached hydrogens (tertiary/aromatic N) is 3. The van der Waals surface area contributed by atoms with Gasteiger partial charge in [-0.1, -0.05) is 23.7 Å². The number of amides is 1. The first-order chi connectivity index (χ1) is 12.0. The number of carbonyl (C=O) groups is 1. The molecule has 0 unspecified atom stereocenters. The zero-order valence-electron chi connectivity index (χ0n) is 13.1. The summed E-state index contributed by atoms with van der Waals surface area (Å²) in [6.07, 6.45) is 0. The molecule has 3 rings (SSSR count). The summed E-state index contributed by atoms with van der Waals surface area (Å²) in [6, 6.07) is 7.87. The Labute approximate surface area is 151 Å². The molecule has 25 heavy (non-hydrogen) atoms. The third-order valence-corrected chi connectivity index (χ3v) is 4.72. The van der Waals surface area contributed by atoms with Gasteiger partial charge in [0.05, 0.1) is 4.88 Å². The quantitative estimate of drug-likeness (QED) is 0.681. The van der Waals surface area contributed by atoms with Gasteiger partial charge in [0.25, 0.3) is 5.89 Å². The Balaban J connectivity index is 1.73. The topological polar surface area (TPSA) is 68.3 Å². The highest BCUT2D eigenvalue weighted by Crippen LogP contribution is 2.22. The van der Waals surface area contributed by atoms with E-state index in [9.17, 15) is 14.0 Å². The van der Waals surface area contributed by atoms with Crippen LogP contribution in [0.25, 0.3) is 10.8 Å². The van der Waals surface area contributed by atoms with E-state index in [0.29, 0.717) is 4.88 Å². The van der Waals surface area contributed by atoms with Crippen LogP contribution in [0.5, 0.6) is 0 Å². The van der Waals surface area contributed by atoms with Crippen molar-refractivity contribution in [2.24, 2.45) is 0 Å². The molecule has 9 heteroatoms. The first-order valence-electron chi connectivity index (χ1n) is 7.24. The standard InChI is InChI=1S/C16H13ClFN3O3S/c1-20(8-10-11(17)4-2-5-12(10)18)14(22)9-21-16(23)24-15(19-21)13-6-3-7-25-13/h2-7H,8-9H2,1H3. The molecule has 0 spiro atoms. The molecule has 0 radical (unpaired) electrons. The van der Waals surface area contributed by atoms with Gasteiger partial charge < -0.3 is 9.32 Å². The fraction of sp³-hybridized carbons (Fsp3) is 0.188. The summed E-state index contributed by atoms with van der Waals surface area (Å²) in [4.78, 5) is 26.1. The van der Waals surface area contributed by atoms with Gasteiger partial charge in [0.15, 0.2) is 0 Å². The fourth-order valence-electron chi connectivity index (χ4n) is 2.16. The Kier molecular flexibility index (Phi) is 5.00. The van der Waals surface area contributed by atoms with E-state index in [1.165, 1.54) is 35.4 Å². The van der Waals surface area contributed by atoms with Crippen LogP contribution in [0.3, 0.4) is 0 Å². The third kappa shape index (κ3) is 3.80. The van der Waals surface area contributed by atoms with Crippen LogP contribution in [0.15, 0.2) is 44.9 Å². The number of aromatic nitrogens is 2. The lowest BCUT2D eigenvalue weighted by molar-refractivity contribution is -0.131. The largest absolute Gasteiger partial charge is 0.437 e. The summed E-state index contributed by atoms with van der Waals surface area (Å²) < 4.78 is 19.8. The fourth-order valence-corrected chi connectivity index (χ4v) is 3.03. The van der Waals surface area contributed by atoms with Crippen molar-refractivity contribution in [3.63, 3.8) is 0 Å². The minimum Gasteiger partial charge on any atom is -0.387 e. The molecule has 2 heterocycles. The summed E-state index contributed by atoms with van der Waals surface area (Å²) in [5.41, 5.74) is 0.215. The summed E-state index contributed by atoms with van der Waals surface area (Å²) in [6.45, 7) is -0.328. The maximum Gasteiger partial charge on any atom is 0.437 e. The Hall–Kier alpha value is -2.45. The molecule has 0 saturated heterocycles. The first-order valence-corrected chi connectivity index (χ1v) is 8.50. The van der Waals surface area contributed by atoms with Crippen LogP contribution in [0, 0.1) is 5.82 Å². The molecule has 0 bridgehead atoms. The van der Waals surface area contributed by atoms with Crippen LogP contribution in [0.1, 0.15) is 5.56 Å². The number of likely N-dealkylation sites (N-methyl/N-ethyl adjacent to an activating group) is 1. The molecule has 0 atom stereocenters. The zero-order valence-corrected chi connectivity index (χ0v) is 14.7. The van der Waals surface area contributed by atoms with Crippen LogP contribution in [0.2, 0.25) is 5.02 Å². The number of rotatable bonds is 5. The Morgan fingerprint density at radius 1 is 1.40 bits per heavy atom.